The Bertz CT molecular complexity index is 875. The molecular weight excluding hydrogens is 288 g/mol. The Balaban J connectivity index is 1.94. The summed E-state index contributed by atoms with van der Waals surface area (Å²) in [6.45, 7) is 3.67. The van der Waals surface area contributed by atoms with Gasteiger partial charge in [-0.2, -0.15) is 0 Å². The second-order valence-electron chi connectivity index (χ2n) is 6.26. The molecule has 0 aliphatic carbocycles. The summed E-state index contributed by atoms with van der Waals surface area (Å²) in [7, 11) is 0. The lowest BCUT2D eigenvalue weighted by Crippen LogP contribution is -2.25. The molecule has 0 unspecified atom stereocenters. The van der Waals surface area contributed by atoms with Gasteiger partial charge < -0.3 is 9.88 Å². The van der Waals surface area contributed by atoms with Gasteiger partial charge in [0, 0.05) is 29.6 Å². The number of aromatic nitrogens is 3. The molecule has 0 bridgehead atoms. The Hall–Kier alpha value is -2.43. The van der Waals surface area contributed by atoms with Crippen LogP contribution in [0.1, 0.15) is 43.0 Å². The van der Waals surface area contributed by atoms with E-state index < -0.39 is 0 Å². The van der Waals surface area contributed by atoms with Gasteiger partial charge in [0.1, 0.15) is 17.8 Å². The molecule has 1 N–H and O–H groups in total. The number of anilines is 1. The Morgan fingerprint density at radius 2 is 1.91 bits per heavy atom. The van der Waals surface area contributed by atoms with Crippen LogP contribution in [0.25, 0.3) is 21.9 Å². The highest BCUT2D eigenvalue weighted by Gasteiger charge is 2.18. The van der Waals surface area contributed by atoms with E-state index in [-0.39, 0.29) is 5.78 Å². The summed E-state index contributed by atoms with van der Waals surface area (Å²) in [4.78, 5) is 26.4. The summed E-state index contributed by atoms with van der Waals surface area (Å²) in [6.07, 6.45) is 6.60. The van der Waals surface area contributed by atoms with Crippen molar-refractivity contribution in [3.8, 4) is 0 Å². The summed E-state index contributed by atoms with van der Waals surface area (Å²) >= 11 is 0. The normalized spacial score (nSPS) is 16.0. The van der Waals surface area contributed by atoms with Gasteiger partial charge in [0.05, 0.1) is 5.39 Å². The van der Waals surface area contributed by atoms with Gasteiger partial charge in [-0.3, -0.25) is 4.79 Å². The Kier molecular flexibility index (Phi) is 3.48. The standard InChI is InChI=1S/C18H20N4O/c1-12(23)13-6-7-15-14(10-13)16-17(21-15)19-11-20-18(16)22-8-4-2-3-5-9-22/h6-7,10-11H,2-5,8-9H2,1H3,(H,19,20,21). The van der Waals surface area contributed by atoms with Crippen molar-refractivity contribution in [2.45, 2.75) is 32.6 Å². The molecule has 0 amide bonds. The first kappa shape index (κ1) is 14.2. The van der Waals surface area contributed by atoms with E-state index in [1.54, 1.807) is 13.3 Å². The molecule has 0 radical (unpaired) electrons. The lowest BCUT2D eigenvalue weighted by Gasteiger charge is -2.21. The fraction of sp³-hybridized carbons (Fsp3) is 0.389. The van der Waals surface area contributed by atoms with Crippen LogP contribution in [0.2, 0.25) is 0 Å². The summed E-state index contributed by atoms with van der Waals surface area (Å²) in [5.74, 6) is 1.07. The number of rotatable bonds is 2. The number of carbonyl (C=O) groups excluding carboxylic acids is 1. The highest BCUT2D eigenvalue weighted by atomic mass is 16.1. The Morgan fingerprint density at radius 1 is 1.13 bits per heavy atom. The van der Waals surface area contributed by atoms with Crippen LogP contribution in [0.15, 0.2) is 24.5 Å². The molecule has 3 aromatic rings. The summed E-state index contributed by atoms with van der Waals surface area (Å²) < 4.78 is 0. The molecule has 0 atom stereocenters. The fourth-order valence-electron chi connectivity index (χ4n) is 3.45. The molecule has 118 valence electrons. The first-order chi connectivity index (χ1) is 11.2. The molecule has 0 saturated carbocycles. The second kappa shape index (κ2) is 5.65. The number of carbonyl (C=O) groups is 1. The zero-order valence-corrected chi connectivity index (χ0v) is 13.3. The summed E-state index contributed by atoms with van der Waals surface area (Å²) in [5.41, 5.74) is 2.57. The van der Waals surface area contributed by atoms with Gasteiger partial charge in [-0.1, -0.05) is 12.8 Å². The van der Waals surface area contributed by atoms with Crippen molar-refractivity contribution in [3.63, 3.8) is 0 Å². The van der Waals surface area contributed by atoms with Crippen molar-refractivity contribution < 1.29 is 4.79 Å². The molecule has 1 saturated heterocycles. The van der Waals surface area contributed by atoms with Gasteiger partial charge in [-0.05, 0) is 38.0 Å². The maximum Gasteiger partial charge on any atom is 0.159 e. The van der Waals surface area contributed by atoms with E-state index >= 15 is 0 Å². The number of fused-ring (bicyclic) bond motifs is 3. The SMILES string of the molecule is CC(=O)c1ccc2[nH]c3ncnc(N4CCCCCC4)c3c2c1. The number of nitrogens with one attached hydrogen (secondary N) is 1. The Labute approximate surface area is 134 Å². The van der Waals surface area contributed by atoms with Crippen LogP contribution < -0.4 is 4.90 Å². The van der Waals surface area contributed by atoms with E-state index in [9.17, 15) is 4.79 Å². The number of H-pyrrole nitrogens is 1. The van der Waals surface area contributed by atoms with E-state index in [1.807, 2.05) is 18.2 Å². The smallest absolute Gasteiger partial charge is 0.159 e. The van der Waals surface area contributed by atoms with Crippen LogP contribution in [0.4, 0.5) is 5.82 Å². The van der Waals surface area contributed by atoms with Gasteiger partial charge in [-0.25, -0.2) is 9.97 Å². The summed E-state index contributed by atoms with van der Waals surface area (Å²) in [6, 6.07) is 5.78. The van der Waals surface area contributed by atoms with E-state index in [1.165, 1.54) is 25.7 Å². The average molecular weight is 308 g/mol. The maximum atomic E-state index is 11.7. The quantitative estimate of drug-likeness (QED) is 0.733. The van der Waals surface area contributed by atoms with Crippen LogP contribution in [0.5, 0.6) is 0 Å². The van der Waals surface area contributed by atoms with Crippen LogP contribution >= 0.6 is 0 Å². The van der Waals surface area contributed by atoms with Crippen LogP contribution in [-0.2, 0) is 0 Å². The van der Waals surface area contributed by atoms with E-state index in [0.29, 0.717) is 0 Å². The van der Waals surface area contributed by atoms with Gasteiger partial charge in [-0.15, -0.1) is 0 Å². The van der Waals surface area contributed by atoms with Crippen LogP contribution in [0.3, 0.4) is 0 Å². The number of Topliss-reactive ketones (excluding diaryl/α,β-unsaturated/α-hetero) is 1. The molecule has 23 heavy (non-hydrogen) atoms. The average Bonchev–Trinajstić information content (AvgIpc) is 2.73. The summed E-state index contributed by atoms with van der Waals surface area (Å²) in [5, 5.41) is 2.07. The largest absolute Gasteiger partial charge is 0.356 e. The Morgan fingerprint density at radius 3 is 2.65 bits per heavy atom. The van der Waals surface area contributed by atoms with E-state index in [2.05, 4.69) is 19.9 Å². The topological polar surface area (TPSA) is 61.9 Å². The van der Waals surface area contributed by atoms with E-state index in [0.717, 1.165) is 46.4 Å². The third kappa shape index (κ3) is 2.46. The van der Waals surface area contributed by atoms with Crippen molar-refractivity contribution in [1.82, 2.24) is 15.0 Å². The highest BCUT2D eigenvalue weighted by Crippen LogP contribution is 2.32. The minimum atomic E-state index is 0.0782. The first-order valence-corrected chi connectivity index (χ1v) is 8.26. The number of hydrogen-bond acceptors (Lipinski definition) is 4. The zero-order chi connectivity index (χ0) is 15.8. The van der Waals surface area contributed by atoms with Crippen molar-refractivity contribution in [3.05, 3.63) is 30.1 Å². The number of aromatic amines is 1. The number of benzene rings is 1. The molecule has 0 spiro atoms. The van der Waals surface area contributed by atoms with Gasteiger partial charge in [0.2, 0.25) is 0 Å². The predicted octanol–water partition coefficient (Wildman–Crippen LogP) is 3.69. The number of hydrogen-bond donors (Lipinski definition) is 1. The van der Waals surface area contributed by atoms with Crippen molar-refractivity contribution >= 4 is 33.5 Å². The van der Waals surface area contributed by atoms with Crippen molar-refractivity contribution in [1.29, 1.82) is 0 Å². The molecule has 5 nitrogen and oxygen atoms in total. The molecule has 1 aliphatic heterocycles. The number of ketones is 1. The van der Waals surface area contributed by atoms with E-state index in [4.69, 9.17) is 0 Å². The lowest BCUT2D eigenvalue weighted by molar-refractivity contribution is 0.101. The zero-order valence-electron chi connectivity index (χ0n) is 13.3. The lowest BCUT2D eigenvalue weighted by atomic mass is 10.1. The monoisotopic (exact) mass is 308 g/mol. The molecule has 5 heteroatoms. The minimum Gasteiger partial charge on any atom is -0.356 e. The van der Waals surface area contributed by atoms with Crippen LogP contribution in [-0.4, -0.2) is 33.8 Å². The minimum absolute atomic E-state index is 0.0782. The molecule has 4 rings (SSSR count). The van der Waals surface area contributed by atoms with Crippen molar-refractivity contribution in [2.75, 3.05) is 18.0 Å². The molecule has 1 fully saturated rings. The second-order valence-corrected chi connectivity index (χ2v) is 6.26. The number of nitrogens with zero attached hydrogens (tertiary/aromatic N) is 3. The fourth-order valence-corrected chi connectivity index (χ4v) is 3.45. The predicted molar refractivity (Wildman–Crippen MR) is 92.1 cm³/mol. The first-order valence-electron chi connectivity index (χ1n) is 8.26. The van der Waals surface area contributed by atoms with Gasteiger partial charge >= 0.3 is 0 Å². The van der Waals surface area contributed by atoms with Crippen LogP contribution in [0, 0.1) is 0 Å². The maximum absolute atomic E-state index is 11.7. The molecule has 1 aromatic carbocycles. The molecule has 2 aromatic heterocycles. The molecular formula is C18H20N4O. The molecule has 1 aliphatic rings. The molecule has 3 heterocycles. The van der Waals surface area contributed by atoms with Crippen molar-refractivity contribution in [2.24, 2.45) is 0 Å². The van der Waals surface area contributed by atoms with Gasteiger partial charge in [0.25, 0.3) is 0 Å². The third-order valence-electron chi connectivity index (χ3n) is 4.68. The third-order valence-corrected chi connectivity index (χ3v) is 4.68. The highest BCUT2D eigenvalue weighted by molar-refractivity contribution is 6.13. The van der Waals surface area contributed by atoms with Gasteiger partial charge in [0.15, 0.2) is 5.78 Å².